The van der Waals surface area contributed by atoms with Crippen LogP contribution in [0.3, 0.4) is 0 Å². The minimum atomic E-state index is -0.146. The molecule has 0 unspecified atom stereocenters. The first-order valence-corrected chi connectivity index (χ1v) is 8.86. The van der Waals surface area contributed by atoms with Crippen LogP contribution >= 0.6 is 23.1 Å². The van der Waals surface area contributed by atoms with Gasteiger partial charge < -0.3 is 0 Å². The molecule has 0 bridgehead atoms. The molecule has 0 spiro atoms. The Labute approximate surface area is 139 Å². The van der Waals surface area contributed by atoms with E-state index < -0.39 is 0 Å². The lowest BCUT2D eigenvalue weighted by atomic mass is 10.4. The van der Waals surface area contributed by atoms with Crippen molar-refractivity contribution >= 4 is 33.7 Å². The van der Waals surface area contributed by atoms with E-state index in [1.807, 2.05) is 35.7 Å². The van der Waals surface area contributed by atoms with Crippen molar-refractivity contribution in [1.82, 2.24) is 29.2 Å². The largest absolute Gasteiger partial charge is 0.277 e. The number of fused-ring (bicyclic) bond motifs is 2. The van der Waals surface area contributed by atoms with E-state index in [1.54, 1.807) is 0 Å². The third-order valence-corrected chi connectivity index (χ3v) is 5.30. The Bertz CT molecular complexity index is 1050. The van der Waals surface area contributed by atoms with Gasteiger partial charge in [-0.2, -0.15) is 9.61 Å². The number of aryl methyl sites for hydroxylation is 1. The molecule has 7 nitrogen and oxygen atoms in total. The van der Waals surface area contributed by atoms with Crippen molar-refractivity contribution in [2.45, 2.75) is 24.3 Å². The number of nitrogens with zero attached hydrogens (tertiary/aromatic N) is 6. The van der Waals surface area contributed by atoms with E-state index in [4.69, 9.17) is 0 Å². The molecule has 0 amide bonds. The molecule has 116 valence electrons. The highest BCUT2D eigenvalue weighted by atomic mass is 32.2. The van der Waals surface area contributed by atoms with E-state index in [0.717, 1.165) is 27.9 Å². The molecule has 4 heterocycles. The Hall–Kier alpha value is -2.26. The van der Waals surface area contributed by atoms with E-state index >= 15 is 0 Å². The number of hydrogen-bond donors (Lipinski definition) is 0. The van der Waals surface area contributed by atoms with Crippen LogP contribution in [0.15, 0.2) is 40.4 Å². The predicted molar refractivity (Wildman–Crippen MR) is 89.1 cm³/mol. The van der Waals surface area contributed by atoms with Gasteiger partial charge in [0, 0.05) is 18.0 Å². The van der Waals surface area contributed by atoms with Crippen LogP contribution in [0.1, 0.15) is 17.6 Å². The smallest absolute Gasteiger partial charge is 0.275 e. The molecule has 0 atom stereocenters. The van der Waals surface area contributed by atoms with Gasteiger partial charge in [0.1, 0.15) is 5.01 Å². The standard InChI is InChI=1S/C14H12N6OS2/c1-2-11-18-20-12(21)7-9(15-13(20)23-11)8-22-14-17-16-10-5-3-4-6-19(10)14/h3-7H,2,8H2,1H3. The average molecular weight is 344 g/mol. The van der Waals surface area contributed by atoms with E-state index in [2.05, 4.69) is 20.3 Å². The van der Waals surface area contributed by atoms with Crippen LogP contribution in [0.5, 0.6) is 0 Å². The second kappa shape index (κ2) is 5.74. The molecule has 9 heteroatoms. The summed E-state index contributed by atoms with van der Waals surface area (Å²) < 4.78 is 3.28. The quantitative estimate of drug-likeness (QED) is 0.527. The highest BCUT2D eigenvalue weighted by molar-refractivity contribution is 7.98. The number of hydrogen-bond acceptors (Lipinski definition) is 7. The van der Waals surface area contributed by atoms with Gasteiger partial charge in [-0.1, -0.05) is 36.1 Å². The van der Waals surface area contributed by atoms with Crippen LogP contribution in [-0.2, 0) is 12.2 Å². The third kappa shape index (κ3) is 2.62. The molecule has 23 heavy (non-hydrogen) atoms. The van der Waals surface area contributed by atoms with Crippen LogP contribution in [0.4, 0.5) is 0 Å². The van der Waals surface area contributed by atoms with Gasteiger partial charge in [0.05, 0.1) is 5.69 Å². The van der Waals surface area contributed by atoms with Gasteiger partial charge in [-0.15, -0.1) is 10.2 Å². The van der Waals surface area contributed by atoms with Crippen molar-refractivity contribution in [2.24, 2.45) is 0 Å². The average Bonchev–Trinajstić information content (AvgIpc) is 3.17. The molecule has 0 aliphatic heterocycles. The van der Waals surface area contributed by atoms with Gasteiger partial charge in [0.2, 0.25) is 4.96 Å². The normalized spacial score (nSPS) is 11.5. The Morgan fingerprint density at radius 1 is 1.30 bits per heavy atom. The lowest BCUT2D eigenvalue weighted by Gasteiger charge is -2.00. The third-order valence-electron chi connectivity index (χ3n) is 3.27. The molecule has 0 fully saturated rings. The lowest BCUT2D eigenvalue weighted by Crippen LogP contribution is -2.15. The van der Waals surface area contributed by atoms with Crippen molar-refractivity contribution in [2.75, 3.05) is 0 Å². The maximum absolute atomic E-state index is 12.1. The molecule has 4 aromatic heterocycles. The van der Waals surface area contributed by atoms with Gasteiger partial charge in [0.25, 0.3) is 5.56 Å². The summed E-state index contributed by atoms with van der Waals surface area (Å²) in [5.41, 5.74) is 1.38. The Morgan fingerprint density at radius 2 is 2.22 bits per heavy atom. The molecular formula is C14H12N6OS2. The van der Waals surface area contributed by atoms with Gasteiger partial charge in [-0.05, 0) is 18.6 Å². The molecule has 0 saturated carbocycles. The molecule has 0 N–H and O–H groups in total. The van der Waals surface area contributed by atoms with Gasteiger partial charge >= 0.3 is 0 Å². The summed E-state index contributed by atoms with van der Waals surface area (Å²) in [6.45, 7) is 2.01. The SMILES string of the molecule is CCc1nn2c(=O)cc(CSc3nnc4ccccn34)nc2s1. The second-order valence-electron chi connectivity index (χ2n) is 4.83. The zero-order chi connectivity index (χ0) is 15.8. The van der Waals surface area contributed by atoms with E-state index in [1.165, 1.54) is 33.7 Å². The highest BCUT2D eigenvalue weighted by Gasteiger charge is 2.10. The van der Waals surface area contributed by atoms with E-state index in [9.17, 15) is 4.79 Å². The summed E-state index contributed by atoms with van der Waals surface area (Å²) in [7, 11) is 0. The number of pyridine rings is 1. The van der Waals surface area contributed by atoms with Crippen molar-refractivity contribution in [3.8, 4) is 0 Å². The molecule has 0 saturated heterocycles. The molecule has 0 radical (unpaired) electrons. The molecular weight excluding hydrogens is 332 g/mol. The molecule has 0 aliphatic rings. The minimum Gasteiger partial charge on any atom is -0.277 e. The Kier molecular flexibility index (Phi) is 3.58. The predicted octanol–water partition coefficient (Wildman–Crippen LogP) is 2.05. The second-order valence-corrected chi connectivity index (χ2v) is 6.81. The number of rotatable bonds is 4. The maximum atomic E-state index is 12.1. The summed E-state index contributed by atoms with van der Waals surface area (Å²) in [5.74, 6) is 0.556. The van der Waals surface area contributed by atoms with Crippen LogP contribution in [0, 0.1) is 0 Å². The fraction of sp³-hybridized carbons (Fsp3) is 0.214. The lowest BCUT2D eigenvalue weighted by molar-refractivity contribution is 0.851. The van der Waals surface area contributed by atoms with Gasteiger partial charge in [0.15, 0.2) is 10.8 Å². The zero-order valence-corrected chi connectivity index (χ0v) is 13.8. The van der Waals surface area contributed by atoms with Crippen molar-refractivity contribution in [3.05, 3.63) is 51.5 Å². The summed E-state index contributed by atoms with van der Waals surface area (Å²) in [6, 6.07) is 7.28. The van der Waals surface area contributed by atoms with Crippen molar-refractivity contribution < 1.29 is 0 Å². The number of aromatic nitrogens is 6. The summed E-state index contributed by atoms with van der Waals surface area (Å²) in [4.78, 5) is 17.3. The maximum Gasteiger partial charge on any atom is 0.275 e. The first kappa shape index (κ1) is 14.3. The summed E-state index contributed by atoms with van der Waals surface area (Å²) in [6.07, 6.45) is 2.71. The van der Waals surface area contributed by atoms with Crippen molar-refractivity contribution in [3.63, 3.8) is 0 Å². The fourth-order valence-corrected chi connectivity index (χ4v) is 3.84. The van der Waals surface area contributed by atoms with Crippen LogP contribution in [0.2, 0.25) is 0 Å². The Morgan fingerprint density at radius 3 is 3.09 bits per heavy atom. The topological polar surface area (TPSA) is 77.5 Å². The van der Waals surface area contributed by atoms with Crippen LogP contribution in [-0.4, -0.2) is 29.2 Å². The summed E-state index contributed by atoms with van der Waals surface area (Å²) in [5, 5.41) is 14.2. The molecule has 0 aromatic carbocycles. The van der Waals surface area contributed by atoms with Gasteiger partial charge in [-0.25, -0.2) is 4.98 Å². The monoisotopic (exact) mass is 344 g/mol. The minimum absolute atomic E-state index is 0.146. The molecule has 4 rings (SSSR count). The number of thioether (sulfide) groups is 1. The fourth-order valence-electron chi connectivity index (χ4n) is 2.17. The molecule has 0 aliphatic carbocycles. The van der Waals surface area contributed by atoms with Crippen LogP contribution in [0.25, 0.3) is 10.6 Å². The van der Waals surface area contributed by atoms with Crippen molar-refractivity contribution in [1.29, 1.82) is 0 Å². The zero-order valence-electron chi connectivity index (χ0n) is 12.2. The molecule has 4 aromatic rings. The first-order valence-electron chi connectivity index (χ1n) is 7.06. The summed E-state index contributed by atoms with van der Waals surface area (Å²) >= 11 is 2.95. The Balaban J connectivity index is 1.64. The first-order chi connectivity index (χ1) is 11.2. The van der Waals surface area contributed by atoms with Crippen LogP contribution < -0.4 is 5.56 Å². The van der Waals surface area contributed by atoms with E-state index in [-0.39, 0.29) is 5.56 Å². The van der Waals surface area contributed by atoms with E-state index in [0.29, 0.717) is 10.7 Å². The highest BCUT2D eigenvalue weighted by Crippen LogP contribution is 2.21. The van der Waals surface area contributed by atoms with Gasteiger partial charge in [-0.3, -0.25) is 9.20 Å².